The molecule has 0 saturated carbocycles. The highest BCUT2D eigenvalue weighted by atomic mass is 16.3. The average molecular weight is 99.1 g/mol. The Kier molecular flexibility index (Phi) is 1.13. The summed E-state index contributed by atoms with van der Waals surface area (Å²) < 4.78 is 0. The molecule has 0 radical (unpaired) electrons. The molecule has 2 heteroatoms. The number of hydrogen-bond donors (Lipinski definition) is 1. The number of aliphatic hydroxyl groups is 1. The first kappa shape index (κ1) is 4.81. The number of aliphatic hydroxyl groups excluding tert-OH is 1. The van der Waals surface area contributed by atoms with Crippen molar-refractivity contribution in [1.82, 2.24) is 4.90 Å². The van der Waals surface area contributed by atoms with Gasteiger partial charge in [0, 0.05) is 6.54 Å². The molecular weight excluding hydrogens is 90.1 g/mol. The van der Waals surface area contributed by atoms with Gasteiger partial charge in [-0.05, 0) is 13.1 Å². The Bertz CT molecular complexity index is 90.1. The van der Waals surface area contributed by atoms with E-state index in [2.05, 4.69) is 0 Å². The van der Waals surface area contributed by atoms with Crippen LogP contribution in [0.1, 0.15) is 0 Å². The van der Waals surface area contributed by atoms with E-state index in [1.807, 2.05) is 18.0 Å². The fraction of sp³-hybridized carbons (Fsp3) is 0.600. The van der Waals surface area contributed by atoms with Crippen LogP contribution in [0.15, 0.2) is 12.2 Å². The second-order valence-electron chi connectivity index (χ2n) is 1.78. The molecule has 0 bridgehead atoms. The first-order valence-corrected chi connectivity index (χ1v) is 2.35. The van der Waals surface area contributed by atoms with Crippen LogP contribution in [0.2, 0.25) is 0 Å². The van der Waals surface area contributed by atoms with Gasteiger partial charge in [0.15, 0.2) is 0 Å². The number of likely N-dealkylation sites (N-methyl/N-ethyl adjacent to an activating group) is 1. The molecule has 0 spiro atoms. The van der Waals surface area contributed by atoms with E-state index in [1.165, 1.54) is 0 Å². The predicted molar refractivity (Wildman–Crippen MR) is 27.8 cm³/mol. The molecule has 0 aromatic rings. The van der Waals surface area contributed by atoms with E-state index in [-0.39, 0.29) is 6.23 Å². The number of hydrogen-bond acceptors (Lipinski definition) is 2. The third kappa shape index (κ3) is 0.813. The summed E-state index contributed by atoms with van der Waals surface area (Å²) in [5, 5.41) is 8.84. The molecule has 1 unspecified atom stereocenters. The van der Waals surface area contributed by atoms with Crippen LogP contribution < -0.4 is 0 Å². The highest BCUT2D eigenvalue weighted by Gasteiger charge is 2.09. The lowest BCUT2D eigenvalue weighted by Gasteiger charge is -2.10. The highest BCUT2D eigenvalue weighted by Crippen LogP contribution is 2.00. The lowest BCUT2D eigenvalue weighted by atomic mass is 10.5. The molecule has 0 aromatic carbocycles. The molecule has 1 rings (SSSR count). The summed E-state index contributed by atoms with van der Waals surface area (Å²) in [5.74, 6) is 0. The van der Waals surface area contributed by atoms with Crippen LogP contribution in [0.25, 0.3) is 0 Å². The first-order chi connectivity index (χ1) is 3.30. The van der Waals surface area contributed by atoms with Gasteiger partial charge >= 0.3 is 0 Å². The van der Waals surface area contributed by atoms with Gasteiger partial charge in [0.25, 0.3) is 0 Å². The molecule has 1 heterocycles. The van der Waals surface area contributed by atoms with Gasteiger partial charge in [0.05, 0.1) is 0 Å². The van der Waals surface area contributed by atoms with E-state index in [1.54, 1.807) is 6.08 Å². The maximum Gasteiger partial charge on any atom is 0.126 e. The summed E-state index contributed by atoms with van der Waals surface area (Å²) in [6, 6.07) is 0. The van der Waals surface area contributed by atoms with Gasteiger partial charge in [0.2, 0.25) is 0 Å². The minimum atomic E-state index is -0.333. The predicted octanol–water partition coefficient (Wildman–Crippen LogP) is -0.194. The van der Waals surface area contributed by atoms with E-state index in [4.69, 9.17) is 5.11 Å². The molecule has 0 fully saturated rings. The van der Waals surface area contributed by atoms with Crippen LogP contribution in [0.4, 0.5) is 0 Å². The zero-order valence-corrected chi connectivity index (χ0v) is 4.33. The zero-order chi connectivity index (χ0) is 5.28. The molecule has 7 heavy (non-hydrogen) atoms. The van der Waals surface area contributed by atoms with Crippen molar-refractivity contribution >= 4 is 0 Å². The minimum Gasteiger partial charge on any atom is -0.375 e. The third-order valence-electron chi connectivity index (χ3n) is 1.15. The van der Waals surface area contributed by atoms with Crippen molar-refractivity contribution in [2.45, 2.75) is 6.23 Å². The van der Waals surface area contributed by atoms with Crippen molar-refractivity contribution in [3.63, 3.8) is 0 Å². The Morgan fingerprint density at radius 1 is 1.86 bits per heavy atom. The van der Waals surface area contributed by atoms with Crippen molar-refractivity contribution in [3.8, 4) is 0 Å². The Balaban J connectivity index is 2.45. The fourth-order valence-electron chi connectivity index (χ4n) is 0.604. The van der Waals surface area contributed by atoms with Crippen LogP contribution in [-0.2, 0) is 0 Å². The van der Waals surface area contributed by atoms with Crippen LogP contribution >= 0.6 is 0 Å². The summed E-state index contributed by atoms with van der Waals surface area (Å²) in [7, 11) is 1.88. The quantitative estimate of drug-likeness (QED) is 0.425. The van der Waals surface area contributed by atoms with Crippen LogP contribution in [0.3, 0.4) is 0 Å². The Labute approximate surface area is 43.1 Å². The second kappa shape index (κ2) is 1.64. The lowest BCUT2D eigenvalue weighted by molar-refractivity contribution is 0.0847. The van der Waals surface area contributed by atoms with Crippen LogP contribution in [-0.4, -0.2) is 29.8 Å². The summed E-state index contributed by atoms with van der Waals surface area (Å²) in [5.41, 5.74) is 0. The monoisotopic (exact) mass is 99.1 g/mol. The summed E-state index contributed by atoms with van der Waals surface area (Å²) >= 11 is 0. The topological polar surface area (TPSA) is 23.5 Å². The van der Waals surface area contributed by atoms with E-state index >= 15 is 0 Å². The Hall–Kier alpha value is -0.340. The van der Waals surface area contributed by atoms with Gasteiger partial charge < -0.3 is 5.11 Å². The normalized spacial score (nSPS) is 32.0. The van der Waals surface area contributed by atoms with Crippen molar-refractivity contribution in [2.24, 2.45) is 0 Å². The van der Waals surface area contributed by atoms with Gasteiger partial charge in [-0.15, -0.1) is 0 Å². The third-order valence-corrected chi connectivity index (χ3v) is 1.15. The molecule has 0 amide bonds. The average Bonchev–Trinajstić information content (AvgIpc) is 1.91. The molecule has 1 N–H and O–H groups in total. The van der Waals surface area contributed by atoms with Gasteiger partial charge in [-0.1, -0.05) is 6.08 Å². The van der Waals surface area contributed by atoms with Crippen LogP contribution in [0, 0.1) is 0 Å². The molecule has 0 aromatic heterocycles. The molecule has 0 aliphatic carbocycles. The number of nitrogens with zero attached hydrogens (tertiary/aromatic N) is 1. The van der Waals surface area contributed by atoms with Crippen molar-refractivity contribution in [3.05, 3.63) is 12.2 Å². The maximum absolute atomic E-state index is 8.84. The summed E-state index contributed by atoms with van der Waals surface area (Å²) in [6.45, 7) is 0.876. The van der Waals surface area contributed by atoms with E-state index in [0.717, 1.165) is 6.54 Å². The Morgan fingerprint density at radius 3 is 2.71 bits per heavy atom. The van der Waals surface area contributed by atoms with Crippen LogP contribution in [0.5, 0.6) is 0 Å². The Morgan fingerprint density at radius 2 is 2.57 bits per heavy atom. The lowest BCUT2D eigenvalue weighted by Crippen LogP contribution is -2.24. The van der Waals surface area contributed by atoms with E-state index in [0.29, 0.717) is 0 Å². The molecule has 40 valence electrons. The smallest absolute Gasteiger partial charge is 0.126 e. The standard InChI is InChI=1S/C5H9NO/c1-6-4-2-3-5(6)7/h2-3,5,7H,4H2,1H3. The number of rotatable bonds is 0. The van der Waals surface area contributed by atoms with E-state index < -0.39 is 0 Å². The largest absolute Gasteiger partial charge is 0.375 e. The molecule has 1 atom stereocenters. The molecular formula is C5H9NO. The maximum atomic E-state index is 8.84. The second-order valence-corrected chi connectivity index (χ2v) is 1.78. The van der Waals surface area contributed by atoms with Gasteiger partial charge in [-0.3, -0.25) is 4.90 Å². The van der Waals surface area contributed by atoms with Crippen molar-refractivity contribution in [2.75, 3.05) is 13.6 Å². The van der Waals surface area contributed by atoms with E-state index in [9.17, 15) is 0 Å². The van der Waals surface area contributed by atoms with Crippen molar-refractivity contribution < 1.29 is 5.11 Å². The molecule has 0 saturated heterocycles. The molecule has 1 aliphatic heterocycles. The van der Waals surface area contributed by atoms with Crippen molar-refractivity contribution in [1.29, 1.82) is 0 Å². The molecule has 2 nitrogen and oxygen atoms in total. The summed E-state index contributed by atoms with van der Waals surface area (Å²) in [6.07, 6.45) is 3.39. The molecule has 1 aliphatic rings. The van der Waals surface area contributed by atoms with Gasteiger partial charge in [0.1, 0.15) is 6.23 Å². The first-order valence-electron chi connectivity index (χ1n) is 2.35. The fourth-order valence-corrected chi connectivity index (χ4v) is 0.604. The SMILES string of the molecule is CN1CC=CC1O. The minimum absolute atomic E-state index is 0.333. The highest BCUT2D eigenvalue weighted by molar-refractivity contribution is 4.97. The van der Waals surface area contributed by atoms with Gasteiger partial charge in [-0.25, -0.2) is 0 Å². The zero-order valence-electron chi connectivity index (χ0n) is 4.33. The van der Waals surface area contributed by atoms with Gasteiger partial charge in [-0.2, -0.15) is 0 Å². The summed E-state index contributed by atoms with van der Waals surface area (Å²) in [4.78, 5) is 1.85.